The maximum Gasteiger partial charge on any atom is 0.282 e. The molecule has 0 saturated carbocycles. The zero-order valence-corrected chi connectivity index (χ0v) is 19.3. The van der Waals surface area contributed by atoms with Crippen molar-refractivity contribution in [3.05, 3.63) is 58.2 Å². The number of hydrogen-bond acceptors (Lipinski definition) is 3. The third-order valence-electron chi connectivity index (χ3n) is 3.52. The van der Waals surface area contributed by atoms with Crippen LogP contribution in [0.3, 0.4) is 0 Å². The maximum absolute atomic E-state index is 12.7. The fourth-order valence-corrected chi connectivity index (χ4v) is 4.86. The molecule has 0 unspecified atom stereocenters. The number of benzene rings is 2. The number of halogens is 3. The van der Waals surface area contributed by atoms with Gasteiger partial charge in [0.2, 0.25) is 0 Å². The number of rotatable bonds is 3. The summed E-state index contributed by atoms with van der Waals surface area (Å²) in [5.41, 5.74) is 4.00. The Bertz CT molecular complexity index is 895. The zero-order chi connectivity index (χ0) is 18.1. The van der Waals surface area contributed by atoms with Crippen LogP contribution in [-0.2, 0) is 9.59 Å². The Labute approximate surface area is 185 Å². The molecule has 1 N–H and O–H groups in total. The van der Waals surface area contributed by atoms with E-state index in [-0.39, 0.29) is 11.5 Å². The first-order chi connectivity index (χ1) is 11.9. The Morgan fingerprint density at radius 1 is 1.04 bits per heavy atom. The minimum atomic E-state index is -0.431. The van der Waals surface area contributed by atoms with Crippen molar-refractivity contribution in [2.24, 2.45) is 0 Å². The van der Waals surface area contributed by atoms with Gasteiger partial charge in [-0.15, -0.1) is 0 Å². The number of nitrogens with one attached hydrogen (secondary N) is 1. The van der Waals surface area contributed by atoms with E-state index >= 15 is 0 Å². The number of hydrazine groups is 1. The minimum Gasteiger partial charge on any atom is -0.495 e. The van der Waals surface area contributed by atoms with Gasteiger partial charge in [-0.2, -0.15) is 0 Å². The Morgan fingerprint density at radius 2 is 1.72 bits per heavy atom. The third kappa shape index (κ3) is 3.94. The molecule has 128 valence electrons. The van der Waals surface area contributed by atoms with Crippen molar-refractivity contribution < 1.29 is 14.3 Å². The lowest BCUT2D eigenvalue weighted by atomic mass is 10.1. The summed E-state index contributed by atoms with van der Waals surface area (Å²) < 4.78 is 8.38. The fourth-order valence-electron chi connectivity index (χ4n) is 2.39. The molecule has 1 heterocycles. The first kappa shape index (κ1) is 18.9. The van der Waals surface area contributed by atoms with Crippen molar-refractivity contribution in [1.29, 1.82) is 0 Å². The fraction of sp³-hybridized carbons (Fsp3) is 0.0588. The molecule has 1 aliphatic rings. The van der Waals surface area contributed by atoms with E-state index in [0.717, 1.165) is 10.7 Å². The quantitative estimate of drug-likeness (QED) is 0.306. The van der Waals surface area contributed by atoms with Crippen molar-refractivity contribution in [2.75, 3.05) is 12.1 Å². The lowest BCUT2D eigenvalue weighted by molar-refractivity contribution is -0.117. The van der Waals surface area contributed by atoms with Crippen molar-refractivity contribution in [3.8, 4) is 5.75 Å². The van der Waals surface area contributed by atoms with Crippen LogP contribution in [0.5, 0.6) is 5.75 Å². The van der Waals surface area contributed by atoms with E-state index in [9.17, 15) is 9.59 Å². The van der Waals surface area contributed by atoms with Gasteiger partial charge in [0.1, 0.15) is 11.3 Å². The van der Waals surface area contributed by atoms with Crippen molar-refractivity contribution >= 4 is 91.4 Å². The van der Waals surface area contributed by atoms with Crippen LogP contribution in [0.2, 0.25) is 0 Å². The Hall–Kier alpha value is -0.890. The van der Waals surface area contributed by atoms with Gasteiger partial charge in [0.25, 0.3) is 11.8 Å². The predicted molar refractivity (Wildman–Crippen MR) is 121 cm³/mol. The molecular formula is C17H11I3N2O3. The number of methoxy groups -OCH3 is 1. The molecule has 0 atom stereocenters. The minimum absolute atomic E-state index is 0.0784. The number of anilines is 1. The number of hydrogen-bond donors (Lipinski definition) is 1. The number of carbonyl (C=O) groups is 2. The van der Waals surface area contributed by atoms with E-state index < -0.39 is 5.91 Å². The zero-order valence-electron chi connectivity index (χ0n) is 12.8. The van der Waals surface area contributed by atoms with E-state index in [1.807, 2.05) is 24.3 Å². The topological polar surface area (TPSA) is 58.6 Å². The van der Waals surface area contributed by atoms with Crippen LogP contribution in [0.4, 0.5) is 5.69 Å². The third-order valence-corrected chi connectivity index (χ3v) is 5.66. The molecule has 0 radical (unpaired) electrons. The summed E-state index contributed by atoms with van der Waals surface area (Å²) >= 11 is 6.55. The van der Waals surface area contributed by atoms with Gasteiger partial charge >= 0.3 is 0 Å². The molecular weight excluding hydrogens is 661 g/mol. The van der Waals surface area contributed by atoms with Crippen LogP contribution in [0.25, 0.3) is 6.08 Å². The number of nitrogens with zero attached hydrogens (tertiary/aromatic N) is 1. The van der Waals surface area contributed by atoms with Gasteiger partial charge in [-0.1, -0.05) is 0 Å². The molecule has 1 aliphatic heterocycles. The molecule has 0 aromatic heterocycles. The summed E-state index contributed by atoms with van der Waals surface area (Å²) in [6.45, 7) is 0. The number of amides is 2. The molecule has 5 nitrogen and oxygen atoms in total. The van der Waals surface area contributed by atoms with Crippen molar-refractivity contribution in [3.63, 3.8) is 0 Å². The summed E-state index contributed by atoms with van der Waals surface area (Å²) in [6.07, 6.45) is 1.58. The molecule has 0 aliphatic carbocycles. The molecule has 1 fully saturated rings. The highest BCUT2D eigenvalue weighted by Crippen LogP contribution is 2.31. The van der Waals surface area contributed by atoms with E-state index in [1.165, 1.54) is 5.01 Å². The average Bonchev–Trinajstić information content (AvgIpc) is 2.83. The van der Waals surface area contributed by atoms with Crippen molar-refractivity contribution in [1.82, 2.24) is 5.43 Å². The predicted octanol–water partition coefficient (Wildman–Crippen LogP) is 3.97. The van der Waals surface area contributed by atoms with Gasteiger partial charge in [-0.05, 0) is 110 Å². The van der Waals surface area contributed by atoms with Gasteiger partial charge in [0.15, 0.2) is 0 Å². The highest BCUT2D eigenvalue weighted by Gasteiger charge is 2.34. The molecule has 2 amide bonds. The molecule has 25 heavy (non-hydrogen) atoms. The molecule has 3 rings (SSSR count). The highest BCUT2D eigenvalue weighted by atomic mass is 127. The van der Waals surface area contributed by atoms with Gasteiger partial charge in [-0.3, -0.25) is 15.0 Å². The van der Waals surface area contributed by atoms with Crippen LogP contribution in [0.1, 0.15) is 5.56 Å². The summed E-state index contributed by atoms with van der Waals surface area (Å²) in [5.74, 6) is -0.177. The lowest BCUT2D eigenvalue weighted by Crippen LogP contribution is -2.35. The van der Waals surface area contributed by atoms with Crippen LogP contribution in [0, 0.1) is 10.7 Å². The Kier molecular flexibility index (Phi) is 5.88. The second-order valence-corrected chi connectivity index (χ2v) is 8.78. The van der Waals surface area contributed by atoms with Gasteiger partial charge in [0, 0.05) is 12.7 Å². The Morgan fingerprint density at radius 3 is 2.36 bits per heavy atom. The largest absolute Gasteiger partial charge is 0.495 e. The molecule has 0 spiro atoms. The van der Waals surface area contributed by atoms with Crippen LogP contribution in [-0.4, -0.2) is 18.9 Å². The normalized spacial score (nSPS) is 15.7. The monoisotopic (exact) mass is 672 g/mol. The van der Waals surface area contributed by atoms with Crippen LogP contribution >= 0.6 is 67.8 Å². The Balaban J connectivity index is 2.01. The van der Waals surface area contributed by atoms with Gasteiger partial charge < -0.3 is 4.74 Å². The summed E-state index contributed by atoms with van der Waals surface area (Å²) in [5, 5.41) is 1.26. The molecule has 1 saturated heterocycles. The van der Waals surface area contributed by atoms with Crippen LogP contribution < -0.4 is 15.2 Å². The molecule has 2 aromatic carbocycles. The maximum atomic E-state index is 12.7. The molecule has 8 heteroatoms. The van der Waals surface area contributed by atoms with E-state index in [0.29, 0.717) is 17.0 Å². The van der Waals surface area contributed by atoms with Crippen LogP contribution in [0.15, 0.2) is 42.0 Å². The average molecular weight is 672 g/mol. The van der Waals surface area contributed by atoms with E-state index in [2.05, 4.69) is 73.2 Å². The first-order valence-electron chi connectivity index (χ1n) is 7.06. The van der Waals surface area contributed by atoms with E-state index in [4.69, 9.17) is 4.74 Å². The summed E-state index contributed by atoms with van der Waals surface area (Å²) in [4.78, 5) is 25.0. The number of carbonyl (C=O) groups excluding carboxylic acids is 2. The van der Waals surface area contributed by atoms with E-state index in [1.54, 1.807) is 25.3 Å². The van der Waals surface area contributed by atoms with Gasteiger partial charge in [-0.25, -0.2) is 5.01 Å². The SMILES string of the molecule is COc1c(I)cc(I)cc1C=C1C(=O)NN(c2ccc(I)cc2)C1=O. The standard InChI is InChI=1S/C17H11I3N2O3/c1-25-15-9(6-11(19)8-14(15)20)7-13-16(23)21-22(17(13)24)12-4-2-10(18)3-5-12/h2-8H,1H3,(H,21,23). The number of ether oxygens (including phenoxy) is 1. The molecule has 2 aromatic rings. The summed E-state index contributed by atoms with van der Waals surface area (Å²) in [6, 6.07) is 11.2. The van der Waals surface area contributed by atoms with Gasteiger partial charge in [0.05, 0.1) is 16.4 Å². The van der Waals surface area contributed by atoms with Crippen molar-refractivity contribution in [2.45, 2.75) is 0 Å². The smallest absolute Gasteiger partial charge is 0.282 e. The lowest BCUT2D eigenvalue weighted by Gasteiger charge is -2.14. The summed E-state index contributed by atoms with van der Waals surface area (Å²) in [7, 11) is 1.57. The second kappa shape index (κ2) is 7.78. The molecule has 0 bridgehead atoms. The first-order valence-corrected chi connectivity index (χ1v) is 10.3. The highest BCUT2D eigenvalue weighted by molar-refractivity contribution is 14.1. The second-order valence-electron chi connectivity index (χ2n) is 5.13.